The highest BCUT2D eigenvalue weighted by Crippen LogP contribution is 2.18. The first-order valence-corrected chi connectivity index (χ1v) is 8.82. The van der Waals surface area contributed by atoms with Crippen molar-refractivity contribution in [2.75, 3.05) is 18.2 Å². The Hall–Kier alpha value is -2.28. The summed E-state index contributed by atoms with van der Waals surface area (Å²) in [6.07, 6.45) is 4.35. The van der Waals surface area contributed by atoms with Crippen molar-refractivity contribution >= 4 is 21.4 Å². The van der Waals surface area contributed by atoms with Crippen LogP contribution in [-0.4, -0.2) is 32.6 Å². The van der Waals surface area contributed by atoms with Crippen LogP contribution in [0.1, 0.15) is 12.0 Å². The maximum absolute atomic E-state index is 13.0. The van der Waals surface area contributed by atoms with E-state index in [9.17, 15) is 17.6 Å². The quantitative estimate of drug-likeness (QED) is 0.840. The van der Waals surface area contributed by atoms with Gasteiger partial charge in [-0.1, -0.05) is 0 Å². The van der Waals surface area contributed by atoms with Crippen LogP contribution in [0.15, 0.2) is 47.6 Å². The number of carbonyl (C=O) groups excluding carboxylic acids is 1. The third-order valence-electron chi connectivity index (χ3n) is 3.42. The van der Waals surface area contributed by atoms with Gasteiger partial charge in [-0.2, -0.15) is 0 Å². The second-order valence-corrected chi connectivity index (χ2v) is 7.25. The molecule has 1 amide bonds. The number of amides is 1. The highest BCUT2D eigenvalue weighted by molar-refractivity contribution is 7.90. The number of carbonyl (C=O) groups is 1. The van der Waals surface area contributed by atoms with Gasteiger partial charge < -0.3 is 4.90 Å². The summed E-state index contributed by atoms with van der Waals surface area (Å²) in [5.74, 6) is -0.582. The molecule has 1 heterocycles. The first-order chi connectivity index (χ1) is 10.8. The number of sulfone groups is 1. The molecule has 0 bridgehead atoms. The number of hydrogen-bond acceptors (Lipinski definition) is 4. The molecule has 7 heteroatoms. The molecule has 2 rings (SSSR count). The molecular weight excluding hydrogens is 319 g/mol. The van der Waals surface area contributed by atoms with Gasteiger partial charge in [0.1, 0.15) is 5.82 Å². The molecule has 2 aromatic rings. The number of rotatable bonds is 5. The molecule has 0 atom stereocenters. The molecule has 0 N–H and O–H groups in total. The standard InChI is InChI=1S/C16H17FN2O3S/c1-19(14-4-6-15(7-5-14)23(2,21)22)16(20)8-3-12-9-13(17)11-18-10-12/h4-7,9-11H,3,8H2,1-2H3. The number of halogens is 1. The smallest absolute Gasteiger partial charge is 0.227 e. The molecule has 0 spiro atoms. The number of nitrogens with zero attached hydrogens (tertiary/aromatic N) is 2. The highest BCUT2D eigenvalue weighted by atomic mass is 32.2. The lowest BCUT2D eigenvalue weighted by atomic mass is 10.1. The molecule has 1 aromatic heterocycles. The number of anilines is 1. The number of pyridine rings is 1. The maximum Gasteiger partial charge on any atom is 0.227 e. The molecule has 0 radical (unpaired) electrons. The van der Waals surface area contributed by atoms with Crippen molar-refractivity contribution in [3.63, 3.8) is 0 Å². The second-order valence-electron chi connectivity index (χ2n) is 5.23. The molecule has 0 saturated heterocycles. The summed E-state index contributed by atoms with van der Waals surface area (Å²) < 4.78 is 35.9. The summed E-state index contributed by atoms with van der Waals surface area (Å²) in [4.78, 5) is 17.6. The van der Waals surface area contributed by atoms with E-state index >= 15 is 0 Å². The molecule has 122 valence electrons. The van der Waals surface area contributed by atoms with E-state index in [0.717, 1.165) is 12.5 Å². The first kappa shape index (κ1) is 17.1. The van der Waals surface area contributed by atoms with Gasteiger partial charge in [0.05, 0.1) is 11.1 Å². The fourth-order valence-corrected chi connectivity index (χ4v) is 2.70. The van der Waals surface area contributed by atoms with Gasteiger partial charge in [-0.25, -0.2) is 12.8 Å². The van der Waals surface area contributed by atoms with Crippen LogP contribution >= 0.6 is 0 Å². The van der Waals surface area contributed by atoms with Gasteiger partial charge in [-0.3, -0.25) is 9.78 Å². The van der Waals surface area contributed by atoms with Gasteiger partial charge in [0, 0.05) is 31.6 Å². The summed E-state index contributed by atoms with van der Waals surface area (Å²) in [5, 5.41) is 0. The minimum absolute atomic E-state index is 0.152. The third-order valence-corrected chi connectivity index (χ3v) is 4.54. The van der Waals surface area contributed by atoms with Crippen LogP contribution < -0.4 is 4.90 Å². The zero-order valence-corrected chi connectivity index (χ0v) is 13.7. The lowest BCUT2D eigenvalue weighted by Crippen LogP contribution is -2.26. The van der Waals surface area contributed by atoms with Gasteiger partial charge in [0.25, 0.3) is 0 Å². The highest BCUT2D eigenvalue weighted by Gasteiger charge is 2.13. The molecule has 0 fully saturated rings. The van der Waals surface area contributed by atoms with E-state index in [-0.39, 0.29) is 17.2 Å². The Bertz CT molecular complexity index is 804. The Morgan fingerprint density at radius 3 is 2.43 bits per heavy atom. The zero-order valence-electron chi connectivity index (χ0n) is 12.9. The minimum atomic E-state index is -3.26. The van der Waals surface area contributed by atoms with Crippen molar-refractivity contribution in [3.8, 4) is 0 Å². The van der Waals surface area contributed by atoms with Crippen LogP contribution in [0.2, 0.25) is 0 Å². The molecule has 0 aliphatic heterocycles. The van der Waals surface area contributed by atoms with E-state index in [1.807, 2.05) is 0 Å². The van der Waals surface area contributed by atoms with Crippen LogP contribution in [0.25, 0.3) is 0 Å². The van der Waals surface area contributed by atoms with Crippen LogP contribution in [0, 0.1) is 5.82 Å². The average molecular weight is 336 g/mol. The summed E-state index contributed by atoms with van der Waals surface area (Å²) in [6.45, 7) is 0. The number of benzene rings is 1. The van der Waals surface area contributed by atoms with E-state index in [2.05, 4.69) is 4.98 Å². The fraction of sp³-hybridized carbons (Fsp3) is 0.250. The minimum Gasteiger partial charge on any atom is -0.315 e. The monoisotopic (exact) mass is 336 g/mol. The lowest BCUT2D eigenvalue weighted by molar-refractivity contribution is -0.118. The molecule has 0 saturated carbocycles. The van der Waals surface area contributed by atoms with Gasteiger partial charge in [-0.15, -0.1) is 0 Å². The topological polar surface area (TPSA) is 67.3 Å². The number of aromatic nitrogens is 1. The Balaban J connectivity index is 2.02. The number of hydrogen-bond donors (Lipinski definition) is 0. The summed E-state index contributed by atoms with van der Waals surface area (Å²) in [5.41, 5.74) is 1.25. The summed E-state index contributed by atoms with van der Waals surface area (Å²) >= 11 is 0. The largest absolute Gasteiger partial charge is 0.315 e. The SMILES string of the molecule is CN(C(=O)CCc1cncc(F)c1)c1ccc(S(C)(=O)=O)cc1. The Labute approximate surface area is 134 Å². The van der Waals surface area contributed by atoms with Crippen molar-refractivity contribution in [1.29, 1.82) is 0 Å². The maximum atomic E-state index is 13.0. The Kier molecular flexibility index (Phi) is 5.10. The van der Waals surface area contributed by atoms with Crippen molar-refractivity contribution < 1.29 is 17.6 Å². The Morgan fingerprint density at radius 2 is 1.87 bits per heavy atom. The summed E-state index contributed by atoms with van der Waals surface area (Å²) in [6, 6.07) is 7.44. The summed E-state index contributed by atoms with van der Waals surface area (Å²) in [7, 11) is -1.65. The van der Waals surface area contributed by atoms with Gasteiger partial charge in [0.2, 0.25) is 5.91 Å². The third kappa shape index (κ3) is 4.59. The van der Waals surface area contributed by atoms with E-state index in [0.29, 0.717) is 17.7 Å². The fourth-order valence-electron chi connectivity index (χ4n) is 2.07. The Morgan fingerprint density at radius 1 is 1.22 bits per heavy atom. The first-order valence-electron chi connectivity index (χ1n) is 6.93. The lowest BCUT2D eigenvalue weighted by Gasteiger charge is -2.17. The second kappa shape index (κ2) is 6.87. The number of aryl methyl sites for hydroxylation is 1. The normalized spacial score (nSPS) is 11.3. The van der Waals surface area contributed by atoms with Gasteiger partial charge in [-0.05, 0) is 42.3 Å². The van der Waals surface area contributed by atoms with E-state index in [1.54, 1.807) is 19.2 Å². The van der Waals surface area contributed by atoms with E-state index in [4.69, 9.17) is 0 Å². The van der Waals surface area contributed by atoms with Crippen LogP contribution in [-0.2, 0) is 21.1 Å². The molecule has 0 aliphatic rings. The van der Waals surface area contributed by atoms with Gasteiger partial charge >= 0.3 is 0 Å². The molecule has 0 aliphatic carbocycles. The van der Waals surface area contributed by atoms with Crippen molar-refractivity contribution in [1.82, 2.24) is 4.98 Å². The van der Waals surface area contributed by atoms with Crippen molar-refractivity contribution in [2.45, 2.75) is 17.7 Å². The van der Waals surface area contributed by atoms with Crippen LogP contribution in [0.4, 0.5) is 10.1 Å². The van der Waals surface area contributed by atoms with Crippen molar-refractivity contribution in [2.24, 2.45) is 0 Å². The van der Waals surface area contributed by atoms with E-state index < -0.39 is 15.7 Å². The predicted octanol–water partition coefficient (Wildman–Crippen LogP) is 2.22. The average Bonchev–Trinajstić information content (AvgIpc) is 2.51. The van der Waals surface area contributed by atoms with Crippen LogP contribution in [0.3, 0.4) is 0 Å². The predicted molar refractivity (Wildman–Crippen MR) is 85.5 cm³/mol. The van der Waals surface area contributed by atoms with Crippen molar-refractivity contribution in [3.05, 3.63) is 54.1 Å². The molecular formula is C16H17FN2O3S. The zero-order chi connectivity index (χ0) is 17.0. The molecule has 1 aromatic carbocycles. The van der Waals surface area contributed by atoms with Crippen LogP contribution in [0.5, 0.6) is 0 Å². The molecule has 23 heavy (non-hydrogen) atoms. The van der Waals surface area contributed by atoms with Gasteiger partial charge in [0.15, 0.2) is 9.84 Å². The van der Waals surface area contributed by atoms with E-state index in [1.165, 1.54) is 29.3 Å². The molecule has 5 nitrogen and oxygen atoms in total. The molecule has 0 unspecified atom stereocenters.